The fourth-order valence-corrected chi connectivity index (χ4v) is 2.49. The summed E-state index contributed by atoms with van der Waals surface area (Å²) in [5.41, 5.74) is 0.450. The Morgan fingerprint density at radius 3 is 2.57 bits per heavy atom. The molecule has 1 fully saturated rings. The van der Waals surface area contributed by atoms with Gasteiger partial charge in [0, 0.05) is 39.2 Å². The molecular formula is C14H16F2N4O. The van der Waals surface area contributed by atoms with Gasteiger partial charge in [-0.3, -0.25) is 4.90 Å². The van der Waals surface area contributed by atoms with Gasteiger partial charge in [-0.05, 0) is 12.1 Å². The number of anilines is 1. The van der Waals surface area contributed by atoms with Gasteiger partial charge in [0.1, 0.15) is 11.6 Å². The van der Waals surface area contributed by atoms with Crippen molar-refractivity contribution in [3.05, 3.63) is 41.5 Å². The van der Waals surface area contributed by atoms with Crippen molar-refractivity contribution in [3.63, 3.8) is 0 Å². The molecule has 1 aromatic heterocycles. The van der Waals surface area contributed by atoms with Crippen LogP contribution in [-0.2, 0) is 6.54 Å². The molecule has 0 atom stereocenters. The molecule has 112 valence electrons. The Hall–Kier alpha value is -2.02. The Morgan fingerprint density at radius 1 is 1.19 bits per heavy atom. The van der Waals surface area contributed by atoms with Crippen molar-refractivity contribution >= 4 is 5.69 Å². The standard InChI is InChI=1S/C14H16F2N4O/c1-10-17-14(18-21-10)9-19-4-6-20(7-5-19)13-3-2-11(15)8-12(13)16/h2-3,8H,4-7,9H2,1H3. The van der Waals surface area contributed by atoms with Gasteiger partial charge in [-0.25, -0.2) is 8.78 Å². The maximum absolute atomic E-state index is 13.8. The fraction of sp³-hybridized carbons (Fsp3) is 0.429. The number of benzene rings is 1. The van der Waals surface area contributed by atoms with Gasteiger partial charge in [0.2, 0.25) is 5.89 Å². The molecule has 0 aliphatic carbocycles. The van der Waals surface area contributed by atoms with E-state index in [-0.39, 0.29) is 0 Å². The first kappa shape index (κ1) is 13.9. The molecule has 7 heteroatoms. The second kappa shape index (κ2) is 5.77. The van der Waals surface area contributed by atoms with Gasteiger partial charge >= 0.3 is 0 Å². The second-order valence-corrected chi connectivity index (χ2v) is 5.09. The van der Waals surface area contributed by atoms with Crippen molar-refractivity contribution in [2.45, 2.75) is 13.5 Å². The third-order valence-electron chi connectivity index (χ3n) is 3.56. The molecule has 0 unspecified atom stereocenters. The van der Waals surface area contributed by atoms with E-state index in [2.05, 4.69) is 15.0 Å². The predicted molar refractivity (Wildman–Crippen MR) is 72.9 cm³/mol. The van der Waals surface area contributed by atoms with E-state index in [1.54, 1.807) is 6.92 Å². The van der Waals surface area contributed by atoms with Crippen molar-refractivity contribution in [3.8, 4) is 0 Å². The maximum atomic E-state index is 13.8. The van der Waals surface area contributed by atoms with E-state index in [1.165, 1.54) is 12.1 Å². The van der Waals surface area contributed by atoms with Gasteiger partial charge in [0.05, 0.1) is 12.2 Å². The molecule has 0 bridgehead atoms. The van der Waals surface area contributed by atoms with Gasteiger partial charge in [0.15, 0.2) is 5.82 Å². The molecule has 1 aliphatic heterocycles. The van der Waals surface area contributed by atoms with Crippen LogP contribution < -0.4 is 4.90 Å². The van der Waals surface area contributed by atoms with Crippen LogP contribution in [0.2, 0.25) is 0 Å². The molecule has 0 amide bonds. The Balaban J connectivity index is 1.59. The summed E-state index contributed by atoms with van der Waals surface area (Å²) in [6.07, 6.45) is 0. The Bertz CT molecular complexity index is 623. The normalized spacial score (nSPS) is 16.4. The van der Waals surface area contributed by atoms with Crippen LogP contribution in [0.1, 0.15) is 11.7 Å². The minimum absolute atomic E-state index is 0.450. The summed E-state index contributed by atoms with van der Waals surface area (Å²) in [4.78, 5) is 8.28. The van der Waals surface area contributed by atoms with E-state index < -0.39 is 11.6 Å². The number of aryl methyl sites for hydroxylation is 1. The average Bonchev–Trinajstić information content (AvgIpc) is 2.85. The van der Waals surface area contributed by atoms with Crippen LogP contribution in [-0.4, -0.2) is 41.2 Å². The number of aromatic nitrogens is 2. The average molecular weight is 294 g/mol. The minimum atomic E-state index is -0.553. The third kappa shape index (κ3) is 3.18. The first-order valence-electron chi connectivity index (χ1n) is 6.83. The zero-order valence-corrected chi connectivity index (χ0v) is 11.7. The van der Waals surface area contributed by atoms with Crippen LogP contribution in [0.3, 0.4) is 0 Å². The van der Waals surface area contributed by atoms with Gasteiger partial charge in [-0.2, -0.15) is 4.98 Å². The smallest absolute Gasteiger partial charge is 0.223 e. The quantitative estimate of drug-likeness (QED) is 0.866. The molecule has 1 saturated heterocycles. The molecule has 0 radical (unpaired) electrons. The summed E-state index contributed by atoms with van der Waals surface area (Å²) >= 11 is 0. The summed E-state index contributed by atoms with van der Waals surface area (Å²) in [5.74, 6) is 0.144. The van der Waals surface area contributed by atoms with Crippen LogP contribution in [0.15, 0.2) is 22.7 Å². The van der Waals surface area contributed by atoms with E-state index in [0.717, 1.165) is 19.2 Å². The Morgan fingerprint density at radius 2 is 1.95 bits per heavy atom. The lowest BCUT2D eigenvalue weighted by atomic mass is 10.2. The summed E-state index contributed by atoms with van der Waals surface area (Å²) in [7, 11) is 0. The zero-order valence-electron chi connectivity index (χ0n) is 11.7. The number of halogens is 2. The van der Waals surface area contributed by atoms with Crippen molar-refractivity contribution in [1.29, 1.82) is 0 Å². The highest BCUT2D eigenvalue weighted by Crippen LogP contribution is 2.21. The van der Waals surface area contributed by atoms with Crippen LogP contribution in [0.5, 0.6) is 0 Å². The van der Waals surface area contributed by atoms with E-state index in [9.17, 15) is 8.78 Å². The molecule has 2 aromatic rings. The lowest BCUT2D eigenvalue weighted by Crippen LogP contribution is -2.46. The minimum Gasteiger partial charge on any atom is -0.367 e. The first-order chi connectivity index (χ1) is 10.1. The van der Waals surface area contributed by atoms with Crippen molar-refractivity contribution in [1.82, 2.24) is 15.0 Å². The molecule has 0 N–H and O–H groups in total. The topological polar surface area (TPSA) is 45.4 Å². The third-order valence-corrected chi connectivity index (χ3v) is 3.56. The highest BCUT2D eigenvalue weighted by molar-refractivity contribution is 5.48. The first-order valence-corrected chi connectivity index (χ1v) is 6.83. The predicted octanol–water partition coefficient (Wildman–Crippen LogP) is 1.98. The van der Waals surface area contributed by atoms with Gasteiger partial charge in [-0.1, -0.05) is 5.16 Å². The molecule has 5 nitrogen and oxygen atoms in total. The van der Waals surface area contributed by atoms with Crippen LogP contribution in [0.25, 0.3) is 0 Å². The summed E-state index contributed by atoms with van der Waals surface area (Å²) in [6, 6.07) is 3.69. The van der Waals surface area contributed by atoms with E-state index in [0.29, 0.717) is 37.0 Å². The fourth-order valence-electron chi connectivity index (χ4n) is 2.49. The van der Waals surface area contributed by atoms with Crippen LogP contribution in [0, 0.1) is 18.6 Å². The number of nitrogens with zero attached hydrogens (tertiary/aromatic N) is 4. The molecule has 0 saturated carbocycles. The monoisotopic (exact) mass is 294 g/mol. The van der Waals surface area contributed by atoms with Crippen molar-refractivity contribution in [2.75, 3.05) is 31.1 Å². The van der Waals surface area contributed by atoms with Gasteiger partial charge in [-0.15, -0.1) is 0 Å². The second-order valence-electron chi connectivity index (χ2n) is 5.09. The number of hydrogen-bond acceptors (Lipinski definition) is 5. The zero-order chi connectivity index (χ0) is 14.8. The lowest BCUT2D eigenvalue weighted by molar-refractivity contribution is 0.239. The molecule has 1 aliphatic rings. The van der Waals surface area contributed by atoms with Gasteiger partial charge < -0.3 is 9.42 Å². The van der Waals surface area contributed by atoms with Crippen LogP contribution in [0.4, 0.5) is 14.5 Å². The summed E-state index contributed by atoms with van der Waals surface area (Å²) < 4.78 is 31.6. The van der Waals surface area contributed by atoms with Crippen molar-refractivity contribution < 1.29 is 13.3 Å². The number of rotatable bonds is 3. The van der Waals surface area contributed by atoms with E-state index in [1.807, 2.05) is 4.90 Å². The molecule has 0 spiro atoms. The van der Waals surface area contributed by atoms with Crippen molar-refractivity contribution in [2.24, 2.45) is 0 Å². The summed E-state index contributed by atoms with van der Waals surface area (Å²) in [6.45, 7) is 5.27. The number of piperazine rings is 1. The Labute approximate surface area is 121 Å². The maximum Gasteiger partial charge on any atom is 0.223 e. The SMILES string of the molecule is Cc1nc(CN2CCN(c3ccc(F)cc3F)CC2)no1. The largest absolute Gasteiger partial charge is 0.367 e. The lowest BCUT2D eigenvalue weighted by Gasteiger charge is -2.35. The van der Waals surface area contributed by atoms with E-state index >= 15 is 0 Å². The molecule has 21 heavy (non-hydrogen) atoms. The molecule has 1 aromatic carbocycles. The van der Waals surface area contributed by atoms with E-state index in [4.69, 9.17) is 4.52 Å². The Kier molecular flexibility index (Phi) is 3.83. The highest BCUT2D eigenvalue weighted by atomic mass is 19.1. The highest BCUT2D eigenvalue weighted by Gasteiger charge is 2.20. The van der Waals surface area contributed by atoms with Crippen LogP contribution >= 0.6 is 0 Å². The molecule has 3 rings (SSSR count). The molecular weight excluding hydrogens is 278 g/mol. The summed E-state index contributed by atoms with van der Waals surface area (Å²) in [5, 5.41) is 3.87. The molecule has 2 heterocycles. The van der Waals surface area contributed by atoms with Gasteiger partial charge in [0.25, 0.3) is 0 Å². The number of hydrogen-bond donors (Lipinski definition) is 0.